The van der Waals surface area contributed by atoms with Crippen molar-refractivity contribution in [2.75, 3.05) is 20.7 Å². The van der Waals surface area contributed by atoms with Crippen molar-refractivity contribution >= 4 is 17.8 Å². The van der Waals surface area contributed by atoms with Gasteiger partial charge in [0.1, 0.15) is 17.9 Å². The number of benzene rings is 1. The Balaban J connectivity index is 1.41. The number of aliphatic carboxylic acids is 1. The molecular formula is C26H32N2O9. The summed E-state index contributed by atoms with van der Waals surface area (Å²) in [5, 5.41) is 33.1. The molecule has 6 atom stereocenters. The van der Waals surface area contributed by atoms with E-state index < -0.39 is 47.1 Å². The molecule has 2 heterocycles. The number of amides is 1. The summed E-state index contributed by atoms with van der Waals surface area (Å²) >= 11 is 0. The van der Waals surface area contributed by atoms with Crippen molar-refractivity contribution in [3.05, 3.63) is 35.1 Å². The van der Waals surface area contributed by atoms with Crippen molar-refractivity contribution in [1.82, 2.24) is 10.2 Å². The molecule has 1 spiro atoms. The smallest absolute Gasteiger partial charge is 0.326 e. The summed E-state index contributed by atoms with van der Waals surface area (Å²) in [6.07, 6.45) is 0.586. The van der Waals surface area contributed by atoms with Crippen LogP contribution in [0.4, 0.5) is 0 Å². The number of ether oxygens (including phenoxy) is 3. The molecule has 4 aliphatic rings. The largest absolute Gasteiger partial charge is 0.493 e. The van der Waals surface area contributed by atoms with Crippen LogP contribution in [0, 0.1) is 0 Å². The average molecular weight is 517 g/mol. The lowest BCUT2D eigenvalue weighted by Gasteiger charge is -2.61. The van der Waals surface area contributed by atoms with E-state index in [2.05, 4.69) is 10.2 Å². The van der Waals surface area contributed by atoms with Crippen molar-refractivity contribution in [1.29, 1.82) is 0 Å². The number of hydrogen-bond acceptors (Lipinski definition) is 9. The highest BCUT2D eigenvalue weighted by atomic mass is 16.6. The Bertz CT molecular complexity index is 1180. The minimum Gasteiger partial charge on any atom is -0.493 e. The number of likely N-dealkylation sites (N-methyl/N-ethyl adjacent to an activating group) is 1. The Hall–Kier alpha value is -3.15. The van der Waals surface area contributed by atoms with Crippen LogP contribution in [0.1, 0.15) is 43.7 Å². The zero-order chi connectivity index (χ0) is 26.7. The van der Waals surface area contributed by atoms with Crippen molar-refractivity contribution < 1.29 is 43.9 Å². The molecule has 200 valence electrons. The van der Waals surface area contributed by atoms with Gasteiger partial charge < -0.3 is 39.7 Å². The van der Waals surface area contributed by atoms with Crippen LogP contribution in [-0.2, 0) is 31.0 Å². The number of esters is 1. The van der Waals surface area contributed by atoms with Crippen LogP contribution in [0.3, 0.4) is 0 Å². The van der Waals surface area contributed by atoms with Crippen LogP contribution in [0.15, 0.2) is 24.0 Å². The summed E-state index contributed by atoms with van der Waals surface area (Å²) in [7, 11) is 3.56. The second kappa shape index (κ2) is 9.00. The van der Waals surface area contributed by atoms with Crippen LogP contribution in [0.5, 0.6) is 11.5 Å². The second-order valence-electron chi connectivity index (χ2n) is 10.4. The van der Waals surface area contributed by atoms with Gasteiger partial charge in [-0.15, -0.1) is 0 Å². The number of carbonyl (C=O) groups is 3. The fraction of sp³-hybridized carbons (Fsp3) is 0.577. The van der Waals surface area contributed by atoms with Crippen LogP contribution >= 0.6 is 0 Å². The summed E-state index contributed by atoms with van der Waals surface area (Å²) in [4.78, 5) is 38.3. The summed E-state index contributed by atoms with van der Waals surface area (Å²) in [5.74, 6) is -1.46. The number of aliphatic hydroxyl groups is 2. The molecule has 5 rings (SSSR count). The van der Waals surface area contributed by atoms with Gasteiger partial charge in [0.25, 0.3) is 0 Å². The molecule has 0 aromatic heterocycles. The molecular weight excluding hydrogens is 484 g/mol. The lowest BCUT2D eigenvalue weighted by Crippen LogP contribution is -2.74. The van der Waals surface area contributed by atoms with E-state index in [-0.39, 0.29) is 31.1 Å². The third-order valence-electron chi connectivity index (χ3n) is 8.42. The standard InChI is InChI=1S/C26H32N2O9/c1-13(29)23(31)27-15(24(32)33)5-7-19(30)36-17-8-9-26(34)18-12-14-4-6-16(35-3)21-20(14)25(26,22(17)37-21)10-11-28(18)2/h4,6,8,13,15,18,22,29,34H,5,7,9-12H2,1-3H3,(H,27,31)(H,32,33)/t13-,15-,18+,22-,25-,26+/m0/s1. The summed E-state index contributed by atoms with van der Waals surface area (Å²) < 4.78 is 17.7. The Labute approximate surface area is 214 Å². The first-order valence-electron chi connectivity index (χ1n) is 12.4. The predicted octanol–water partition coefficient (Wildman–Crippen LogP) is 0.247. The molecule has 0 radical (unpaired) electrons. The van der Waals surface area contributed by atoms with E-state index in [0.717, 1.165) is 17.7 Å². The van der Waals surface area contributed by atoms with Crippen LogP contribution in [0.2, 0.25) is 0 Å². The first-order chi connectivity index (χ1) is 17.5. The van der Waals surface area contributed by atoms with Gasteiger partial charge in [-0.1, -0.05) is 6.07 Å². The van der Waals surface area contributed by atoms with Gasteiger partial charge in [-0.25, -0.2) is 4.79 Å². The molecule has 1 amide bonds. The minimum atomic E-state index is -1.38. The van der Waals surface area contributed by atoms with Crippen molar-refractivity contribution in [2.24, 2.45) is 0 Å². The van der Waals surface area contributed by atoms with Gasteiger partial charge in [0.15, 0.2) is 17.6 Å². The first kappa shape index (κ1) is 25.5. The molecule has 1 aromatic rings. The van der Waals surface area contributed by atoms with Gasteiger partial charge in [0, 0.05) is 24.4 Å². The number of carboxylic acid groups (broad SMARTS) is 1. The monoisotopic (exact) mass is 516 g/mol. The summed E-state index contributed by atoms with van der Waals surface area (Å²) in [6, 6.07) is 2.37. The lowest BCUT2D eigenvalue weighted by atomic mass is 9.50. The number of likely N-dealkylation sites (tertiary alicyclic amines) is 1. The zero-order valence-electron chi connectivity index (χ0n) is 21.0. The highest BCUT2D eigenvalue weighted by Crippen LogP contribution is 2.65. The van der Waals surface area contributed by atoms with Crippen molar-refractivity contribution in [3.63, 3.8) is 0 Å². The molecule has 1 saturated heterocycles. The third kappa shape index (κ3) is 3.71. The molecule has 1 fully saturated rings. The van der Waals surface area contributed by atoms with Crippen molar-refractivity contribution in [3.8, 4) is 11.5 Å². The molecule has 2 bridgehead atoms. The van der Waals surface area contributed by atoms with E-state index in [1.807, 2.05) is 19.2 Å². The van der Waals surface area contributed by atoms with Gasteiger partial charge in [-0.05, 0) is 57.5 Å². The van der Waals surface area contributed by atoms with Gasteiger partial charge >= 0.3 is 11.9 Å². The quantitative estimate of drug-likeness (QED) is 0.353. The van der Waals surface area contributed by atoms with E-state index in [4.69, 9.17) is 14.2 Å². The molecule has 0 unspecified atom stereocenters. The number of piperidine rings is 1. The third-order valence-corrected chi connectivity index (χ3v) is 8.42. The maximum absolute atomic E-state index is 12.8. The van der Waals surface area contributed by atoms with E-state index in [1.54, 1.807) is 13.2 Å². The molecule has 11 heteroatoms. The lowest BCUT2D eigenvalue weighted by molar-refractivity contribution is -0.169. The summed E-state index contributed by atoms with van der Waals surface area (Å²) in [6.45, 7) is 1.95. The van der Waals surface area contributed by atoms with Crippen LogP contribution in [-0.4, -0.2) is 88.7 Å². The topological polar surface area (TPSA) is 155 Å². The van der Waals surface area contributed by atoms with Crippen molar-refractivity contribution in [2.45, 2.75) is 74.3 Å². The number of carboxylic acids is 1. The van der Waals surface area contributed by atoms with Gasteiger partial charge in [-0.2, -0.15) is 0 Å². The highest BCUT2D eigenvalue weighted by Gasteiger charge is 2.72. The fourth-order valence-corrected chi connectivity index (χ4v) is 6.58. The summed E-state index contributed by atoms with van der Waals surface area (Å²) in [5.41, 5.74) is 0.0356. The van der Waals surface area contributed by atoms with Gasteiger partial charge in [0.2, 0.25) is 5.91 Å². The molecule has 37 heavy (non-hydrogen) atoms. The number of nitrogens with one attached hydrogen (secondary N) is 1. The number of aliphatic hydroxyl groups excluding tert-OH is 1. The Morgan fingerprint density at radius 3 is 2.76 bits per heavy atom. The fourth-order valence-electron chi connectivity index (χ4n) is 6.58. The zero-order valence-corrected chi connectivity index (χ0v) is 21.0. The maximum Gasteiger partial charge on any atom is 0.326 e. The van der Waals surface area contributed by atoms with E-state index >= 15 is 0 Å². The molecule has 1 aromatic carbocycles. The SMILES string of the molecule is COc1ccc2c3c1O[C@H]1C(OC(=O)CC[C@H](NC(=O)[C@H](C)O)C(=O)O)=CC[C@@]4(O)[C@@H](C2)N(C)CC[C@]314. The minimum absolute atomic E-state index is 0.137. The van der Waals surface area contributed by atoms with Gasteiger partial charge in [-0.3, -0.25) is 9.59 Å². The molecule has 2 aliphatic carbocycles. The first-order valence-corrected chi connectivity index (χ1v) is 12.4. The number of hydrogen-bond donors (Lipinski definition) is 4. The van der Waals surface area contributed by atoms with Crippen LogP contribution < -0.4 is 14.8 Å². The van der Waals surface area contributed by atoms with E-state index in [9.17, 15) is 29.7 Å². The number of carbonyl (C=O) groups excluding carboxylic acids is 2. The Kier molecular flexibility index (Phi) is 6.20. The van der Waals surface area contributed by atoms with E-state index in [1.165, 1.54) is 6.92 Å². The second-order valence-corrected chi connectivity index (χ2v) is 10.4. The molecule has 0 saturated carbocycles. The molecule has 11 nitrogen and oxygen atoms in total. The average Bonchev–Trinajstić information content (AvgIpc) is 3.21. The van der Waals surface area contributed by atoms with Gasteiger partial charge in [0.05, 0.1) is 18.1 Å². The Morgan fingerprint density at radius 1 is 1.32 bits per heavy atom. The number of rotatable bonds is 8. The van der Waals surface area contributed by atoms with Crippen LogP contribution in [0.25, 0.3) is 0 Å². The normalized spacial score (nSPS) is 30.8. The maximum atomic E-state index is 12.8. The van der Waals surface area contributed by atoms with E-state index in [0.29, 0.717) is 24.3 Å². The number of nitrogens with zero attached hydrogens (tertiary/aromatic N) is 1. The highest BCUT2D eigenvalue weighted by molar-refractivity contribution is 5.86. The predicted molar refractivity (Wildman–Crippen MR) is 128 cm³/mol. The number of methoxy groups -OCH3 is 1. The Morgan fingerprint density at radius 2 is 2.08 bits per heavy atom. The molecule has 2 aliphatic heterocycles. The molecule has 4 N–H and O–H groups in total.